The summed E-state index contributed by atoms with van der Waals surface area (Å²) in [7, 11) is 6.80. The van der Waals surface area contributed by atoms with Crippen LogP contribution in [0.15, 0.2) is 36.4 Å². The maximum atomic E-state index is 5.53. The molecule has 0 aliphatic rings. The maximum absolute atomic E-state index is 5.53. The van der Waals surface area contributed by atoms with Crippen LogP contribution in [0.25, 0.3) is 22.2 Å². The fourth-order valence-electron chi connectivity index (χ4n) is 2.64. The average Bonchev–Trinajstić information content (AvgIpc) is 2.90. The molecule has 3 aromatic rings. The zero-order valence-corrected chi connectivity index (χ0v) is 13.1. The predicted molar refractivity (Wildman–Crippen MR) is 85.8 cm³/mol. The Morgan fingerprint density at radius 1 is 0.909 bits per heavy atom. The zero-order chi connectivity index (χ0) is 15.7. The van der Waals surface area contributed by atoms with E-state index in [0.717, 1.165) is 22.2 Å². The van der Waals surface area contributed by atoms with Crippen molar-refractivity contribution in [2.45, 2.75) is 0 Å². The van der Waals surface area contributed by atoms with Gasteiger partial charge in [-0.2, -0.15) is 5.10 Å². The zero-order valence-electron chi connectivity index (χ0n) is 13.1. The monoisotopic (exact) mass is 298 g/mol. The van der Waals surface area contributed by atoms with Gasteiger partial charge in [-0.25, -0.2) is 0 Å². The standard InChI is InChI=1S/C17H18N2O3/c1-19-13-8-6-5-7-12(13)17(18-19)16-14(21-3)9-11(20-2)10-15(16)22-4/h5-10H,1-4H3. The third kappa shape index (κ3) is 2.15. The minimum absolute atomic E-state index is 0.667. The molecule has 5 heteroatoms. The highest BCUT2D eigenvalue weighted by molar-refractivity contribution is 5.96. The quantitative estimate of drug-likeness (QED) is 0.741. The molecule has 3 rings (SSSR count). The topological polar surface area (TPSA) is 45.5 Å². The molecule has 1 heterocycles. The molecule has 0 bridgehead atoms. The van der Waals surface area contributed by atoms with Gasteiger partial charge in [0, 0.05) is 24.6 Å². The molecule has 1 aromatic heterocycles. The van der Waals surface area contributed by atoms with Gasteiger partial charge in [0.1, 0.15) is 22.9 Å². The van der Waals surface area contributed by atoms with Crippen LogP contribution in [-0.2, 0) is 7.05 Å². The van der Waals surface area contributed by atoms with E-state index in [2.05, 4.69) is 5.10 Å². The van der Waals surface area contributed by atoms with E-state index in [1.54, 1.807) is 21.3 Å². The molecule has 0 saturated carbocycles. The summed E-state index contributed by atoms with van der Waals surface area (Å²) in [5, 5.41) is 5.70. The molecule has 5 nitrogen and oxygen atoms in total. The number of hydrogen-bond acceptors (Lipinski definition) is 4. The minimum atomic E-state index is 0.667. The summed E-state index contributed by atoms with van der Waals surface area (Å²) < 4.78 is 18.2. The van der Waals surface area contributed by atoms with Crippen molar-refractivity contribution in [3.05, 3.63) is 36.4 Å². The lowest BCUT2D eigenvalue weighted by atomic mass is 10.0. The largest absolute Gasteiger partial charge is 0.496 e. The van der Waals surface area contributed by atoms with Crippen molar-refractivity contribution in [1.82, 2.24) is 9.78 Å². The van der Waals surface area contributed by atoms with Crippen LogP contribution >= 0.6 is 0 Å². The number of rotatable bonds is 4. The van der Waals surface area contributed by atoms with Gasteiger partial charge in [0.05, 0.1) is 32.4 Å². The Balaban J connectivity index is 2.34. The molecule has 0 spiro atoms. The lowest BCUT2D eigenvalue weighted by molar-refractivity contribution is 0.377. The molecule has 0 radical (unpaired) electrons. The number of ether oxygens (including phenoxy) is 3. The number of aryl methyl sites for hydroxylation is 1. The van der Waals surface area contributed by atoms with Gasteiger partial charge in [-0.05, 0) is 6.07 Å². The van der Waals surface area contributed by atoms with Crippen LogP contribution in [0.3, 0.4) is 0 Å². The summed E-state index contributed by atoms with van der Waals surface area (Å²) in [6.45, 7) is 0. The van der Waals surface area contributed by atoms with E-state index in [0.29, 0.717) is 17.2 Å². The van der Waals surface area contributed by atoms with Gasteiger partial charge in [0.2, 0.25) is 0 Å². The Morgan fingerprint density at radius 3 is 2.14 bits per heavy atom. The van der Waals surface area contributed by atoms with Crippen molar-refractivity contribution >= 4 is 10.9 Å². The highest BCUT2D eigenvalue weighted by atomic mass is 16.5. The molecule has 0 aliphatic carbocycles. The van der Waals surface area contributed by atoms with Crippen LogP contribution in [-0.4, -0.2) is 31.1 Å². The lowest BCUT2D eigenvalue weighted by Crippen LogP contribution is -1.96. The highest BCUT2D eigenvalue weighted by Crippen LogP contribution is 2.43. The van der Waals surface area contributed by atoms with E-state index < -0.39 is 0 Å². The first kappa shape index (κ1) is 14.3. The number of aromatic nitrogens is 2. The second-order valence-corrected chi connectivity index (χ2v) is 4.90. The average molecular weight is 298 g/mol. The number of benzene rings is 2. The van der Waals surface area contributed by atoms with Crippen LogP contribution in [0.4, 0.5) is 0 Å². The Bertz CT molecular complexity index is 799. The molecule has 0 amide bonds. The first-order chi connectivity index (χ1) is 10.7. The number of methoxy groups -OCH3 is 3. The van der Waals surface area contributed by atoms with Crippen LogP contribution in [0.1, 0.15) is 0 Å². The van der Waals surface area contributed by atoms with Crippen molar-refractivity contribution in [3.8, 4) is 28.5 Å². The van der Waals surface area contributed by atoms with Crippen molar-refractivity contribution in [2.24, 2.45) is 7.05 Å². The molecule has 0 atom stereocenters. The van der Waals surface area contributed by atoms with Crippen LogP contribution in [0, 0.1) is 0 Å². The summed E-state index contributed by atoms with van der Waals surface area (Å²) in [6, 6.07) is 11.7. The Hall–Kier alpha value is -2.69. The number of nitrogens with zero attached hydrogens (tertiary/aromatic N) is 2. The second-order valence-electron chi connectivity index (χ2n) is 4.90. The first-order valence-corrected chi connectivity index (χ1v) is 6.91. The fourth-order valence-corrected chi connectivity index (χ4v) is 2.64. The Morgan fingerprint density at radius 2 is 1.55 bits per heavy atom. The van der Waals surface area contributed by atoms with Crippen LogP contribution < -0.4 is 14.2 Å². The number of fused-ring (bicyclic) bond motifs is 1. The molecule has 0 saturated heterocycles. The van der Waals surface area contributed by atoms with Gasteiger partial charge < -0.3 is 14.2 Å². The molecule has 0 aliphatic heterocycles. The molecular formula is C17H18N2O3. The minimum Gasteiger partial charge on any atom is -0.496 e. The van der Waals surface area contributed by atoms with Crippen molar-refractivity contribution < 1.29 is 14.2 Å². The summed E-state index contributed by atoms with van der Waals surface area (Å²) in [6.07, 6.45) is 0. The highest BCUT2D eigenvalue weighted by Gasteiger charge is 2.20. The van der Waals surface area contributed by atoms with Crippen molar-refractivity contribution in [1.29, 1.82) is 0 Å². The molecule has 2 aromatic carbocycles. The summed E-state index contributed by atoms with van der Waals surface area (Å²) >= 11 is 0. The van der Waals surface area contributed by atoms with Crippen molar-refractivity contribution in [2.75, 3.05) is 21.3 Å². The van der Waals surface area contributed by atoms with E-state index in [1.165, 1.54) is 0 Å². The molecule has 0 N–H and O–H groups in total. The first-order valence-electron chi connectivity index (χ1n) is 6.91. The lowest BCUT2D eigenvalue weighted by Gasteiger charge is -2.13. The van der Waals surface area contributed by atoms with Gasteiger partial charge >= 0.3 is 0 Å². The van der Waals surface area contributed by atoms with E-state index in [9.17, 15) is 0 Å². The Kier molecular flexibility index (Phi) is 3.63. The second kappa shape index (κ2) is 5.60. The third-order valence-corrected chi connectivity index (χ3v) is 3.71. The summed E-state index contributed by atoms with van der Waals surface area (Å²) in [5.41, 5.74) is 2.70. The van der Waals surface area contributed by atoms with E-state index in [-0.39, 0.29) is 0 Å². The fraction of sp³-hybridized carbons (Fsp3) is 0.235. The van der Waals surface area contributed by atoms with Crippen molar-refractivity contribution in [3.63, 3.8) is 0 Å². The Labute approximate surface area is 129 Å². The number of hydrogen-bond donors (Lipinski definition) is 0. The van der Waals surface area contributed by atoms with E-state index in [4.69, 9.17) is 14.2 Å². The summed E-state index contributed by atoms with van der Waals surface area (Å²) in [5.74, 6) is 2.01. The van der Waals surface area contributed by atoms with Gasteiger partial charge in [0.15, 0.2) is 0 Å². The third-order valence-electron chi connectivity index (χ3n) is 3.71. The predicted octanol–water partition coefficient (Wildman–Crippen LogP) is 3.27. The van der Waals surface area contributed by atoms with Crippen LogP contribution in [0.5, 0.6) is 17.2 Å². The molecule has 0 unspecified atom stereocenters. The normalized spacial score (nSPS) is 10.7. The molecular weight excluding hydrogens is 280 g/mol. The van der Waals surface area contributed by atoms with Gasteiger partial charge in [-0.1, -0.05) is 18.2 Å². The van der Waals surface area contributed by atoms with Crippen LogP contribution in [0.2, 0.25) is 0 Å². The number of para-hydroxylation sites is 1. The van der Waals surface area contributed by atoms with Gasteiger partial charge in [0.25, 0.3) is 0 Å². The summed E-state index contributed by atoms with van der Waals surface area (Å²) in [4.78, 5) is 0. The van der Waals surface area contributed by atoms with E-state index >= 15 is 0 Å². The van der Waals surface area contributed by atoms with E-state index in [1.807, 2.05) is 48.1 Å². The molecule has 114 valence electrons. The van der Waals surface area contributed by atoms with Gasteiger partial charge in [-0.15, -0.1) is 0 Å². The maximum Gasteiger partial charge on any atom is 0.135 e. The smallest absolute Gasteiger partial charge is 0.135 e. The SMILES string of the molecule is COc1cc(OC)c(-c2nn(C)c3ccccc23)c(OC)c1. The van der Waals surface area contributed by atoms with Gasteiger partial charge in [-0.3, -0.25) is 4.68 Å². The molecule has 0 fully saturated rings. The molecule has 22 heavy (non-hydrogen) atoms.